The van der Waals surface area contributed by atoms with Gasteiger partial charge in [-0.1, -0.05) is 0 Å². The summed E-state index contributed by atoms with van der Waals surface area (Å²) in [5.41, 5.74) is 0. The normalized spacial score (nSPS) is 11.7. The van der Waals surface area contributed by atoms with E-state index in [9.17, 15) is 13.2 Å². The second-order valence-electron chi connectivity index (χ2n) is 1.92. The van der Waals surface area contributed by atoms with Crippen LogP contribution in [0.25, 0.3) is 0 Å². The molecule has 1 aromatic rings. The molecule has 0 aromatic carbocycles. The number of aromatic nitrogens is 1. The van der Waals surface area contributed by atoms with Crippen molar-refractivity contribution in [2.24, 2.45) is 0 Å². The molecule has 0 radical (unpaired) electrons. The standard InChI is InChI=1S/C6H6F3NOS/c1-2-11-4-3-12-5(10-4)6(7,8)9/h3H,2H2,1H3. The third kappa shape index (κ3) is 2.10. The minimum absolute atomic E-state index is 0.0369. The molecular formula is C6H6F3NOS. The van der Waals surface area contributed by atoms with Gasteiger partial charge in [0.2, 0.25) is 10.9 Å². The Bertz CT molecular complexity index is 258. The molecule has 6 heteroatoms. The van der Waals surface area contributed by atoms with Crippen molar-refractivity contribution >= 4 is 11.3 Å². The first-order chi connectivity index (χ1) is 5.54. The van der Waals surface area contributed by atoms with Crippen LogP contribution in [0.1, 0.15) is 11.9 Å². The SMILES string of the molecule is CCOc1csc(C(F)(F)F)n1. The van der Waals surface area contributed by atoms with Crippen molar-refractivity contribution in [3.63, 3.8) is 0 Å². The molecule has 0 unspecified atom stereocenters. The van der Waals surface area contributed by atoms with Crippen molar-refractivity contribution in [1.82, 2.24) is 4.98 Å². The lowest BCUT2D eigenvalue weighted by atomic mass is 10.7. The van der Waals surface area contributed by atoms with Gasteiger partial charge in [-0.15, -0.1) is 11.3 Å². The highest BCUT2D eigenvalue weighted by Gasteiger charge is 2.34. The number of hydrogen-bond acceptors (Lipinski definition) is 3. The highest BCUT2D eigenvalue weighted by molar-refractivity contribution is 7.09. The van der Waals surface area contributed by atoms with Gasteiger partial charge >= 0.3 is 6.18 Å². The van der Waals surface area contributed by atoms with Crippen LogP contribution in [0.2, 0.25) is 0 Å². The predicted molar refractivity (Wildman–Crippen MR) is 38.3 cm³/mol. The molecule has 1 heterocycles. The minimum Gasteiger partial charge on any atom is -0.477 e. The zero-order valence-corrected chi connectivity index (χ0v) is 7.00. The summed E-state index contributed by atoms with van der Waals surface area (Å²) in [6.07, 6.45) is -4.36. The molecule has 0 saturated carbocycles. The molecule has 0 saturated heterocycles. The van der Waals surface area contributed by atoms with E-state index in [0.717, 1.165) is 0 Å². The molecule has 0 aliphatic rings. The molecule has 0 N–H and O–H groups in total. The van der Waals surface area contributed by atoms with Gasteiger partial charge in [0.25, 0.3) is 0 Å². The zero-order valence-electron chi connectivity index (χ0n) is 6.18. The summed E-state index contributed by atoms with van der Waals surface area (Å²) >= 11 is 0.535. The van der Waals surface area contributed by atoms with Gasteiger partial charge in [-0.3, -0.25) is 0 Å². The Morgan fingerprint density at radius 1 is 1.58 bits per heavy atom. The maximum Gasteiger partial charge on any atom is 0.443 e. The summed E-state index contributed by atoms with van der Waals surface area (Å²) in [4.78, 5) is 3.24. The number of nitrogens with zero attached hydrogens (tertiary/aromatic N) is 1. The summed E-state index contributed by atoms with van der Waals surface area (Å²) < 4.78 is 40.6. The molecular weight excluding hydrogens is 191 g/mol. The fourth-order valence-electron chi connectivity index (χ4n) is 0.603. The van der Waals surface area contributed by atoms with Gasteiger partial charge < -0.3 is 4.74 Å². The van der Waals surface area contributed by atoms with Crippen molar-refractivity contribution in [3.8, 4) is 5.88 Å². The monoisotopic (exact) mass is 197 g/mol. The Labute approximate surface area is 71.0 Å². The van der Waals surface area contributed by atoms with Gasteiger partial charge in [-0.2, -0.15) is 18.2 Å². The fourth-order valence-corrected chi connectivity index (χ4v) is 1.21. The van der Waals surface area contributed by atoms with Crippen LogP contribution in [0.15, 0.2) is 5.38 Å². The third-order valence-corrected chi connectivity index (χ3v) is 1.88. The maximum absolute atomic E-state index is 11.9. The van der Waals surface area contributed by atoms with Gasteiger partial charge in [-0.25, -0.2) is 0 Å². The number of alkyl halides is 3. The highest BCUT2D eigenvalue weighted by Crippen LogP contribution is 2.33. The van der Waals surface area contributed by atoms with Crippen LogP contribution in [-0.2, 0) is 6.18 Å². The van der Waals surface area contributed by atoms with Crippen molar-refractivity contribution in [2.45, 2.75) is 13.1 Å². The first kappa shape index (κ1) is 9.31. The highest BCUT2D eigenvalue weighted by atomic mass is 32.1. The van der Waals surface area contributed by atoms with Gasteiger partial charge in [0.1, 0.15) is 0 Å². The second kappa shape index (κ2) is 3.30. The Kier molecular flexibility index (Phi) is 2.56. The molecule has 0 aliphatic carbocycles. The van der Waals surface area contributed by atoms with E-state index in [1.165, 1.54) is 5.38 Å². The average molecular weight is 197 g/mol. The largest absolute Gasteiger partial charge is 0.477 e. The van der Waals surface area contributed by atoms with Gasteiger partial charge in [0.15, 0.2) is 0 Å². The van der Waals surface area contributed by atoms with Crippen LogP contribution >= 0.6 is 11.3 Å². The van der Waals surface area contributed by atoms with E-state index in [1.807, 2.05) is 0 Å². The van der Waals surface area contributed by atoms with Crippen molar-refractivity contribution < 1.29 is 17.9 Å². The number of hydrogen-bond donors (Lipinski definition) is 0. The van der Waals surface area contributed by atoms with E-state index in [4.69, 9.17) is 4.74 Å². The average Bonchev–Trinajstić information content (AvgIpc) is 2.35. The van der Waals surface area contributed by atoms with Crippen LogP contribution in [0.4, 0.5) is 13.2 Å². The molecule has 2 nitrogen and oxygen atoms in total. The predicted octanol–water partition coefficient (Wildman–Crippen LogP) is 2.56. The Morgan fingerprint density at radius 2 is 2.25 bits per heavy atom. The van der Waals surface area contributed by atoms with E-state index in [2.05, 4.69) is 4.98 Å². The lowest BCUT2D eigenvalue weighted by Gasteiger charge is -1.99. The Balaban J connectivity index is 2.77. The molecule has 1 aromatic heterocycles. The Hall–Kier alpha value is -0.780. The smallest absolute Gasteiger partial charge is 0.443 e. The van der Waals surface area contributed by atoms with Crippen molar-refractivity contribution in [2.75, 3.05) is 6.61 Å². The third-order valence-electron chi connectivity index (χ3n) is 1.02. The first-order valence-electron chi connectivity index (χ1n) is 3.19. The lowest BCUT2D eigenvalue weighted by molar-refractivity contribution is -0.137. The molecule has 0 bridgehead atoms. The van der Waals surface area contributed by atoms with Gasteiger partial charge in [-0.05, 0) is 6.92 Å². The van der Waals surface area contributed by atoms with Gasteiger partial charge in [0.05, 0.1) is 12.0 Å². The molecule has 0 amide bonds. The molecule has 12 heavy (non-hydrogen) atoms. The molecule has 0 atom stereocenters. The summed E-state index contributed by atoms with van der Waals surface area (Å²) in [6, 6.07) is 0. The van der Waals surface area contributed by atoms with Crippen molar-refractivity contribution in [3.05, 3.63) is 10.4 Å². The summed E-state index contributed by atoms with van der Waals surface area (Å²) in [6.45, 7) is 2.01. The first-order valence-corrected chi connectivity index (χ1v) is 4.07. The van der Waals surface area contributed by atoms with E-state index >= 15 is 0 Å². The van der Waals surface area contributed by atoms with E-state index in [1.54, 1.807) is 6.92 Å². The molecule has 68 valence electrons. The zero-order chi connectivity index (χ0) is 9.19. The number of thiazole rings is 1. The molecule has 0 fully saturated rings. The lowest BCUT2D eigenvalue weighted by Crippen LogP contribution is -2.04. The second-order valence-corrected chi connectivity index (χ2v) is 2.78. The van der Waals surface area contributed by atoms with Crippen LogP contribution in [-0.4, -0.2) is 11.6 Å². The van der Waals surface area contributed by atoms with Crippen molar-refractivity contribution in [1.29, 1.82) is 0 Å². The maximum atomic E-state index is 11.9. The quantitative estimate of drug-likeness (QED) is 0.726. The summed E-state index contributed by atoms with van der Waals surface area (Å²) in [5, 5.41) is 0.373. The van der Waals surface area contributed by atoms with Gasteiger partial charge in [0, 0.05) is 0 Å². The molecule has 1 rings (SSSR count). The van der Waals surface area contributed by atoms with E-state index in [-0.39, 0.29) is 5.88 Å². The summed E-state index contributed by atoms with van der Waals surface area (Å²) in [7, 11) is 0. The van der Waals surface area contributed by atoms with Crippen LogP contribution in [0, 0.1) is 0 Å². The number of rotatable bonds is 2. The van der Waals surface area contributed by atoms with Crippen LogP contribution in [0.3, 0.4) is 0 Å². The number of halogens is 3. The van der Waals surface area contributed by atoms with E-state index in [0.29, 0.717) is 17.9 Å². The van der Waals surface area contributed by atoms with E-state index < -0.39 is 11.2 Å². The van der Waals surface area contributed by atoms with Crippen LogP contribution < -0.4 is 4.74 Å². The topological polar surface area (TPSA) is 22.1 Å². The minimum atomic E-state index is -4.36. The molecule has 0 aliphatic heterocycles. The Morgan fingerprint density at radius 3 is 2.67 bits per heavy atom. The molecule has 0 spiro atoms. The summed E-state index contributed by atoms with van der Waals surface area (Å²) in [5.74, 6) is 0.0369. The number of ether oxygens (including phenoxy) is 1. The van der Waals surface area contributed by atoms with Crippen LogP contribution in [0.5, 0.6) is 5.88 Å². The fraction of sp³-hybridized carbons (Fsp3) is 0.500.